The van der Waals surface area contributed by atoms with Crippen molar-refractivity contribution >= 4 is 17.2 Å². The lowest BCUT2D eigenvalue weighted by atomic mass is 9.70. The number of benzene rings is 1. The number of alkyl halides is 1. The van der Waals surface area contributed by atoms with Gasteiger partial charge in [0.15, 0.2) is 16.6 Å². The molecule has 2 aromatic heterocycles. The van der Waals surface area contributed by atoms with Crippen LogP contribution in [0.5, 0.6) is 5.75 Å². The van der Waals surface area contributed by atoms with Crippen molar-refractivity contribution in [3.63, 3.8) is 0 Å². The summed E-state index contributed by atoms with van der Waals surface area (Å²) in [7, 11) is 1.84. The van der Waals surface area contributed by atoms with Crippen LogP contribution in [0.15, 0.2) is 30.6 Å². The van der Waals surface area contributed by atoms with E-state index in [4.69, 9.17) is 5.26 Å². The van der Waals surface area contributed by atoms with E-state index in [1.807, 2.05) is 24.1 Å². The molecule has 1 aliphatic carbocycles. The first-order chi connectivity index (χ1) is 15.8. The highest BCUT2D eigenvalue weighted by atomic mass is 32.1. The number of nitrogens with zero attached hydrogens (tertiary/aromatic N) is 6. The van der Waals surface area contributed by atoms with Gasteiger partial charge in [0.2, 0.25) is 0 Å². The van der Waals surface area contributed by atoms with Crippen molar-refractivity contribution in [1.29, 1.82) is 5.26 Å². The van der Waals surface area contributed by atoms with E-state index >= 15 is 0 Å². The van der Waals surface area contributed by atoms with Crippen LogP contribution in [-0.4, -0.2) is 44.5 Å². The lowest BCUT2D eigenvalue weighted by molar-refractivity contribution is 0.102. The van der Waals surface area contributed by atoms with E-state index in [0.717, 1.165) is 36.1 Å². The van der Waals surface area contributed by atoms with Crippen LogP contribution >= 0.6 is 11.3 Å². The SMILES string of the molecule is CCC[C@]1(C)CC[C@H](F)[C@H](N(C)c2cnc(-c3ccc(-c4cnc(C#N)s4)cc3O)nn2)C1. The summed E-state index contributed by atoms with van der Waals surface area (Å²) >= 11 is 1.25. The summed E-state index contributed by atoms with van der Waals surface area (Å²) in [5, 5.41) is 28.4. The number of hydrogen-bond donors (Lipinski definition) is 1. The number of halogens is 1. The standard InChI is InChI=1S/C24H27FN6OS/c1-4-8-24(2)9-7-17(25)18(11-24)31(3)21-14-28-23(30-29-21)16-6-5-15(10-19(16)32)20-13-27-22(12-26)33-20/h5-6,10,13-14,17-18,32H,4,7-9,11H2,1-3H3/t17-,18+,24+/m0/s1. The van der Waals surface area contributed by atoms with E-state index < -0.39 is 6.17 Å². The van der Waals surface area contributed by atoms with Gasteiger partial charge >= 0.3 is 0 Å². The molecule has 9 heteroatoms. The Morgan fingerprint density at radius 2 is 2.12 bits per heavy atom. The Morgan fingerprint density at radius 3 is 2.76 bits per heavy atom. The molecule has 0 unspecified atom stereocenters. The predicted octanol–water partition coefficient (Wildman–Crippen LogP) is 5.37. The average Bonchev–Trinajstić information content (AvgIpc) is 3.30. The summed E-state index contributed by atoms with van der Waals surface area (Å²) in [4.78, 5) is 11.0. The number of aromatic hydroxyl groups is 1. The molecule has 0 amide bonds. The van der Waals surface area contributed by atoms with Gasteiger partial charge in [-0.15, -0.1) is 21.5 Å². The fraction of sp³-hybridized carbons (Fsp3) is 0.458. The zero-order valence-corrected chi connectivity index (χ0v) is 19.8. The van der Waals surface area contributed by atoms with E-state index in [1.165, 1.54) is 11.3 Å². The second-order valence-corrected chi connectivity index (χ2v) is 10.0. The molecule has 0 aliphatic heterocycles. The van der Waals surface area contributed by atoms with Crippen molar-refractivity contribution in [2.24, 2.45) is 5.41 Å². The Hall–Kier alpha value is -3.12. The Bertz CT molecular complexity index is 1160. The molecule has 2 heterocycles. The fourth-order valence-corrected chi connectivity index (χ4v) is 5.39. The van der Waals surface area contributed by atoms with Gasteiger partial charge in [0.25, 0.3) is 0 Å². The minimum absolute atomic E-state index is 0.00810. The van der Waals surface area contributed by atoms with E-state index in [-0.39, 0.29) is 23.0 Å². The van der Waals surface area contributed by atoms with Gasteiger partial charge in [0.1, 0.15) is 18.0 Å². The minimum Gasteiger partial charge on any atom is -0.507 e. The number of phenolic OH excluding ortho intramolecular Hbond substituents is 1. The normalized spacial score (nSPS) is 22.6. The van der Waals surface area contributed by atoms with Crippen molar-refractivity contribution in [2.75, 3.05) is 11.9 Å². The van der Waals surface area contributed by atoms with Crippen molar-refractivity contribution < 1.29 is 9.50 Å². The first kappa shape index (κ1) is 23.1. The second kappa shape index (κ2) is 9.40. The Morgan fingerprint density at radius 1 is 1.30 bits per heavy atom. The van der Waals surface area contributed by atoms with Gasteiger partial charge in [-0.1, -0.05) is 26.3 Å². The zero-order chi connectivity index (χ0) is 23.6. The first-order valence-electron chi connectivity index (χ1n) is 11.1. The smallest absolute Gasteiger partial charge is 0.194 e. The van der Waals surface area contributed by atoms with Gasteiger partial charge in [0.05, 0.1) is 22.7 Å². The number of rotatable bonds is 6. The molecule has 1 fully saturated rings. The topological polar surface area (TPSA) is 98.8 Å². The number of hydrogen-bond acceptors (Lipinski definition) is 8. The quantitative estimate of drug-likeness (QED) is 0.521. The summed E-state index contributed by atoms with van der Waals surface area (Å²) in [5.41, 5.74) is 1.33. The summed E-state index contributed by atoms with van der Waals surface area (Å²) < 4.78 is 14.8. The molecule has 4 rings (SSSR count). The summed E-state index contributed by atoms with van der Waals surface area (Å²) in [6.45, 7) is 4.42. The molecule has 1 aliphatic rings. The summed E-state index contributed by atoms with van der Waals surface area (Å²) in [5.74, 6) is 0.806. The van der Waals surface area contributed by atoms with E-state index in [0.29, 0.717) is 22.8 Å². The molecule has 0 saturated heterocycles. The highest BCUT2D eigenvalue weighted by Crippen LogP contribution is 2.43. The van der Waals surface area contributed by atoms with Crippen LogP contribution in [0.3, 0.4) is 0 Å². The van der Waals surface area contributed by atoms with Gasteiger partial charge in [-0.25, -0.2) is 14.4 Å². The average molecular weight is 467 g/mol. The van der Waals surface area contributed by atoms with E-state index in [2.05, 4.69) is 34.0 Å². The first-order valence-corrected chi connectivity index (χ1v) is 11.9. The fourth-order valence-electron chi connectivity index (χ4n) is 4.68. The van der Waals surface area contributed by atoms with Crippen LogP contribution in [-0.2, 0) is 0 Å². The van der Waals surface area contributed by atoms with Gasteiger partial charge in [-0.2, -0.15) is 5.26 Å². The van der Waals surface area contributed by atoms with Crippen LogP contribution in [0.1, 0.15) is 51.0 Å². The van der Waals surface area contributed by atoms with Crippen LogP contribution in [0.2, 0.25) is 0 Å². The van der Waals surface area contributed by atoms with Gasteiger partial charge in [-0.05, 0) is 48.8 Å². The van der Waals surface area contributed by atoms with Crippen molar-refractivity contribution in [1.82, 2.24) is 20.2 Å². The molecule has 0 radical (unpaired) electrons. The number of nitriles is 1. The largest absolute Gasteiger partial charge is 0.507 e. The monoisotopic (exact) mass is 466 g/mol. The maximum Gasteiger partial charge on any atom is 0.194 e. The molecule has 7 nitrogen and oxygen atoms in total. The van der Waals surface area contributed by atoms with Crippen molar-refractivity contribution in [2.45, 2.75) is 58.2 Å². The molecule has 0 spiro atoms. The third-order valence-corrected chi connectivity index (χ3v) is 7.48. The van der Waals surface area contributed by atoms with Gasteiger partial charge in [-0.3, -0.25) is 0 Å². The molecule has 172 valence electrons. The molecule has 1 saturated carbocycles. The highest BCUT2D eigenvalue weighted by molar-refractivity contribution is 7.15. The van der Waals surface area contributed by atoms with Crippen LogP contribution in [0, 0.1) is 16.7 Å². The Labute approximate surface area is 197 Å². The van der Waals surface area contributed by atoms with Crippen LogP contribution in [0.4, 0.5) is 10.2 Å². The van der Waals surface area contributed by atoms with Gasteiger partial charge < -0.3 is 10.0 Å². The second-order valence-electron chi connectivity index (χ2n) is 9.01. The maximum absolute atomic E-state index is 14.8. The lowest BCUT2D eigenvalue weighted by Gasteiger charge is -2.43. The summed E-state index contributed by atoms with van der Waals surface area (Å²) in [6, 6.07) is 6.87. The highest BCUT2D eigenvalue weighted by Gasteiger charge is 2.39. The minimum atomic E-state index is -0.911. The number of phenols is 1. The molecular formula is C24H27FN6OS. The van der Waals surface area contributed by atoms with Crippen LogP contribution in [0.25, 0.3) is 21.8 Å². The molecule has 1 aromatic carbocycles. The van der Waals surface area contributed by atoms with E-state index in [1.54, 1.807) is 24.5 Å². The Balaban J connectivity index is 1.52. The maximum atomic E-state index is 14.8. The van der Waals surface area contributed by atoms with Crippen molar-refractivity contribution in [3.05, 3.63) is 35.6 Å². The summed E-state index contributed by atoms with van der Waals surface area (Å²) in [6.07, 6.45) is 6.68. The van der Waals surface area contributed by atoms with E-state index in [9.17, 15) is 9.50 Å². The molecule has 33 heavy (non-hydrogen) atoms. The lowest BCUT2D eigenvalue weighted by Crippen LogP contribution is -2.47. The molecule has 3 atom stereocenters. The molecule has 0 bridgehead atoms. The third kappa shape index (κ3) is 4.81. The van der Waals surface area contributed by atoms with Gasteiger partial charge in [0, 0.05) is 13.2 Å². The number of anilines is 1. The Kier molecular flexibility index (Phi) is 6.56. The molecular weight excluding hydrogens is 439 g/mol. The zero-order valence-electron chi connectivity index (χ0n) is 19.0. The van der Waals surface area contributed by atoms with Crippen LogP contribution < -0.4 is 4.90 Å². The molecule has 1 N–H and O–H groups in total. The molecule has 3 aromatic rings. The third-order valence-electron chi connectivity index (χ3n) is 6.53. The number of aromatic nitrogens is 4. The number of thiazole rings is 1. The van der Waals surface area contributed by atoms with Crippen molar-refractivity contribution in [3.8, 4) is 33.6 Å². The predicted molar refractivity (Wildman–Crippen MR) is 127 cm³/mol.